The van der Waals surface area contributed by atoms with Crippen LogP contribution < -0.4 is 11.1 Å². The average Bonchev–Trinajstić information content (AvgIpc) is 3.03. The Kier molecular flexibility index (Phi) is 3.19. The molecule has 0 spiro atoms. The van der Waals surface area contributed by atoms with Crippen molar-refractivity contribution in [3.05, 3.63) is 10.9 Å². The predicted molar refractivity (Wildman–Crippen MR) is 69.2 cm³/mol. The minimum absolute atomic E-state index is 0.236. The molecule has 88 valence electrons. The fourth-order valence-corrected chi connectivity index (χ4v) is 2.65. The number of anilines is 2. The molecule has 0 bridgehead atoms. The number of nitrogens with two attached hydrogens (primary N) is 1. The second-order valence-electron chi connectivity index (χ2n) is 4.49. The van der Waals surface area contributed by atoms with Gasteiger partial charge in [-0.05, 0) is 32.3 Å². The van der Waals surface area contributed by atoms with Gasteiger partial charge in [0.25, 0.3) is 0 Å². The number of rotatable bonds is 5. The number of thiophene rings is 1. The molecule has 1 atom stereocenters. The molecule has 4 heteroatoms. The van der Waals surface area contributed by atoms with Gasteiger partial charge in [-0.3, -0.25) is 4.79 Å². The number of Topliss-reactive ketones (excluding diaryl/α,β-unsaturated/α-hetero) is 1. The highest BCUT2D eigenvalue weighted by Crippen LogP contribution is 2.38. The monoisotopic (exact) mass is 238 g/mol. The Bertz CT molecular complexity index is 396. The van der Waals surface area contributed by atoms with Crippen LogP contribution in [0.2, 0.25) is 0 Å². The second kappa shape index (κ2) is 4.45. The Hall–Kier alpha value is -1.03. The lowest BCUT2D eigenvalue weighted by Crippen LogP contribution is -2.11. The third-order valence-corrected chi connectivity index (χ3v) is 4.03. The number of carbonyl (C=O) groups is 1. The zero-order chi connectivity index (χ0) is 11.7. The Morgan fingerprint density at radius 1 is 1.69 bits per heavy atom. The summed E-state index contributed by atoms with van der Waals surface area (Å²) in [6, 6.07) is 2.30. The van der Waals surface area contributed by atoms with Crippen LogP contribution in [0.3, 0.4) is 0 Å². The Balaban J connectivity index is 2.11. The van der Waals surface area contributed by atoms with Crippen molar-refractivity contribution in [2.45, 2.75) is 39.2 Å². The van der Waals surface area contributed by atoms with Crippen molar-refractivity contribution in [1.29, 1.82) is 0 Å². The van der Waals surface area contributed by atoms with Gasteiger partial charge in [0.2, 0.25) is 0 Å². The van der Waals surface area contributed by atoms with Crippen LogP contribution in [0.4, 0.5) is 10.7 Å². The third kappa shape index (κ3) is 2.38. The molecule has 1 heterocycles. The molecule has 0 radical (unpaired) electrons. The summed E-state index contributed by atoms with van der Waals surface area (Å²) < 4.78 is 0. The molecule has 2 rings (SSSR count). The van der Waals surface area contributed by atoms with E-state index in [0.29, 0.717) is 11.7 Å². The van der Waals surface area contributed by atoms with E-state index in [1.807, 2.05) is 6.07 Å². The van der Waals surface area contributed by atoms with Crippen LogP contribution in [-0.2, 0) is 0 Å². The fourth-order valence-electron chi connectivity index (χ4n) is 1.54. The van der Waals surface area contributed by atoms with Crippen molar-refractivity contribution in [1.82, 2.24) is 0 Å². The summed E-state index contributed by atoms with van der Waals surface area (Å²) in [4.78, 5) is 12.6. The maximum atomic E-state index is 11.9. The van der Waals surface area contributed by atoms with Crippen molar-refractivity contribution in [2.75, 3.05) is 11.1 Å². The predicted octanol–water partition coefficient (Wildman–Crippen LogP) is 3.13. The molecule has 1 unspecified atom stereocenters. The maximum Gasteiger partial charge on any atom is 0.178 e. The van der Waals surface area contributed by atoms with E-state index in [2.05, 4.69) is 19.2 Å². The smallest absolute Gasteiger partial charge is 0.178 e. The summed E-state index contributed by atoms with van der Waals surface area (Å²) in [5, 5.41) is 4.36. The molecule has 3 nitrogen and oxygen atoms in total. The number of nitrogen functional groups attached to an aromatic ring is 1. The normalized spacial score (nSPS) is 17.1. The van der Waals surface area contributed by atoms with Crippen LogP contribution in [0.1, 0.15) is 42.8 Å². The molecule has 16 heavy (non-hydrogen) atoms. The van der Waals surface area contributed by atoms with Gasteiger partial charge < -0.3 is 11.1 Å². The summed E-state index contributed by atoms with van der Waals surface area (Å²) in [6.45, 7) is 4.25. The van der Waals surface area contributed by atoms with Crippen molar-refractivity contribution in [2.24, 2.45) is 5.92 Å². The standard InChI is InChI=1S/C12H18N2OS/c1-3-7(2)14-10-6-9(13)12(16-10)11(15)8-4-5-8/h6-8,14H,3-5,13H2,1-2H3. The number of hydrogen-bond donors (Lipinski definition) is 2. The molecule has 0 amide bonds. The fraction of sp³-hybridized carbons (Fsp3) is 0.583. The van der Waals surface area contributed by atoms with E-state index in [-0.39, 0.29) is 11.7 Å². The SMILES string of the molecule is CCC(C)Nc1cc(N)c(C(=O)C2CC2)s1. The number of carbonyl (C=O) groups excluding carboxylic acids is 1. The zero-order valence-corrected chi connectivity index (χ0v) is 10.6. The molecule has 1 aliphatic carbocycles. The molecular weight excluding hydrogens is 220 g/mol. The van der Waals surface area contributed by atoms with Crippen LogP contribution in [0.15, 0.2) is 6.07 Å². The highest BCUT2D eigenvalue weighted by atomic mass is 32.1. The molecule has 0 aliphatic heterocycles. The van der Waals surface area contributed by atoms with Gasteiger partial charge in [0.05, 0.1) is 15.6 Å². The zero-order valence-electron chi connectivity index (χ0n) is 9.75. The van der Waals surface area contributed by atoms with E-state index >= 15 is 0 Å². The van der Waals surface area contributed by atoms with E-state index in [4.69, 9.17) is 5.73 Å². The molecule has 1 aromatic rings. The van der Waals surface area contributed by atoms with Crippen LogP contribution in [0, 0.1) is 5.92 Å². The summed E-state index contributed by atoms with van der Waals surface area (Å²) in [5.41, 5.74) is 6.51. The number of hydrogen-bond acceptors (Lipinski definition) is 4. The first kappa shape index (κ1) is 11.5. The van der Waals surface area contributed by atoms with Crippen LogP contribution in [0.25, 0.3) is 0 Å². The van der Waals surface area contributed by atoms with E-state index in [1.165, 1.54) is 11.3 Å². The highest BCUT2D eigenvalue weighted by molar-refractivity contribution is 7.18. The molecule has 1 aliphatic rings. The summed E-state index contributed by atoms with van der Waals surface area (Å²) in [5.74, 6) is 0.483. The number of ketones is 1. The van der Waals surface area contributed by atoms with E-state index < -0.39 is 0 Å². The maximum absolute atomic E-state index is 11.9. The van der Waals surface area contributed by atoms with Gasteiger partial charge in [-0.1, -0.05) is 6.92 Å². The summed E-state index contributed by atoms with van der Waals surface area (Å²) in [6.07, 6.45) is 3.12. The average molecular weight is 238 g/mol. The topological polar surface area (TPSA) is 55.1 Å². The van der Waals surface area contributed by atoms with Gasteiger partial charge in [0.15, 0.2) is 5.78 Å². The van der Waals surface area contributed by atoms with Crippen molar-refractivity contribution >= 4 is 27.8 Å². The van der Waals surface area contributed by atoms with Gasteiger partial charge in [-0.25, -0.2) is 0 Å². The molecule has 0 aromatic carbocycles. The molecule has 1 fully saturated rings. The van der Waals surface area contributed by atoms with Gasteiger partial charge in [0, 0.05) is 12.0 Å². The lowest BCUT2D eigenvalue weighted by atomic mass is 10.2. The van der Waals surface area contributed by atoms with Crippen LogP contribution >= 0.6 is 11.3 Å². The summed E-state index contributed by atoms with van der Waals surface area (Å²) in [7, 11) is 0. The first-order valence-electron chi connectivity index (χ1n) is 5.81. The van der Waals surface area contributed by atoms with Crippen molar-refractivity contribution in [3.63, 3.8) is 0 Å². The molecular formula is C12H18N2OS. The first-order chi connectivity index (χ1) is 7.61. The molecule has 3 N–H and O–H groups in total. The lowest BCUT2D eigenvalue weighted by molar-refractivity contribution is 0.0972. The molecule has 1 saturated carbocycles. The Morgan fingerprint density at radius 2 is 2.38 bits per heavy atom. The third-order valence-electron chi connectivity index (χ3n) is 2.93. The van der Waals surface area contributed by atoms with Gasteiger partial charge in [0.1, 0.15) is 0 Å². The molecule has 0 saturated heterocycles. The first-order valence-corrected chi connectivity index (χ1v) is 6.63. The van der Waals surface area contributed by atoms with E-state index in [9.17, 15) is 4.79 Å². The minimum Gasteiger partial charge on any atom is -0.397 e. The number of nitrogens with one attached hydrogen (secondary N) is 1. The Morgan fingerprint density at radius 3 is 2.94 bits per heavy atom. The van der Waals surface area contributed by atoms with Crippen molar-refractivity contribution in [3.8, 4) is 0 Å². The molecule has 1 aromatic heterocycles. The second-order valence-corrected chi connectivity index (χ2v) is 5.54. The largest absolute Gasteiger partial charge is 0.397 e. The van der Waals surface area contributed by atoms with Crippen molar-refractivity contribution < 1.29 is 4.79 Å². The van der Waals surface area contributed by atoms with E-state index in [1.54, 1.807) is 0 Å². The summed E-state index contributed by atoms with van der Waals surface area (Å²) >= 11 is 1.49. The van der Waals surface area contributed by atoms with Gasteiger partial charge in [-0.15, -0.1) is 11.3 Å². The van der Waals surface area contributed by atoms with Gasteiger partial charge >= 0.3 is 0 Å². The lowest BCUT2D eigenvalue weighted by Gasteiger charge is -2.09. The highest BCUT2D eigenvalue weighted by Gasteiger charge is 2.32. The Labute approximate surface area is 100 Å². The van der Waals surface area contributed by atoms with Gasteiger partial charge in [-0.2, -0.15) is 0 Å². The van der Waals surface area contributed by atoms with Crippen LogP contribution in [0.5, 0.6) is 0 Å². The minimum atomic E-state index is 0.236. The van der Waals surface area contributed by atoms with Crippen LogP contribution in [-0.4, -0.2) is 11.8 Å². The van der Waals surface area contributed by atoms with E-state index in [0.717, 1.165) is 29.1 Å². The quantitative estimate of drug-likeness (QED) is 0.775.